The third-order valence-corrected chi connectivity index (χ3v) is 5.38. The van der Waals surface area contributed by atoms with Gasteiger partial charge in [-0.05, 0) is 61.7 Å². The van der Waals surface area contributed by atoms with E-state index in [1.165, 1.54) is 11.1 Å². The van der Waals surface area contributed by atoms with E-state index in [1.54, 1.807) is 24.4 Å². The van der Waals surface area contributed by atoms with E-state index in [-0.39, 0.29) is 5.91 Å². The van der Waals surface area contributed by atoms with Gasteiger partial charge in [0.05, 0.1) is 24.2 Å². The summed E-state index contributed by atoms with van der Waals surface area (Å²) in [6.45, 7) is 5.86. The molecule has 0 saturated carbocycles. The van der Waals surface area contributed by atoms with Gasteiger partial charge in [0.15, 0.2) is 0 Å². The molecule has 0 bridgehead atoms. The van der Waals surface area contributed by atoms with E-state index in [0.717, 1.165) is 35.6 Å². The number of carbonyl (C=O) groups excluding carboxylic acids is 1. The highest BCUT2D eigenvalue weighted by Crippen LogP contribution is 2.21. The number of rotatable bonds is 8. The fraction of sp³-hybridized carbons (Fsp3) is 0.240. The van der Waals surface area contributed by atoms with Crippen LogP contribution in [-0.4, -0.2) is 27.0 Å². The molecule has 158 valence electrons. The van der Waals surface area contributed by atoms with Crippen molar-refractivity contribution in [1.29, 1.82) is 0 Å². The third kappa shape index (κ3) is 4.74. The summed E-state index contributed by atoms with van der Waals surface area (Å²) in [5, 5.41) is 2.93. The fourth-order valence-corrected chi connectivity index (χ4v) is 3.54. The Morgan fingerprint density at radius 2 is 1.87 bits per heavy atom. The molecule has 4 rings (SSSR count). The van der Waals surface area contributed by atoms with Crippen LogP contribution in [0.3, 0.4) is 0 Å². The Bertz CT molecular complexity index is 1180. The van der Waals surface area contributed by atoms with Crippen LogP contribution in [-0.2, 0) is 13.1 Å². The van der Waals surface area contributed by atoms with Crippen molar-refractivity contribution in [1.82, 2.24) is 19.9 Å². The van der Waals surface area contributed by atoms with Crippen LogP contribution in [0.4, 0.5) is 0 Å². The monoisotopic (exact) mass is 414 g/mol. The van der Waals surface area contributed by atoms with E-state index in [2.05, 4.69) is 40.8 Å². The van der Waals surface area contributed by atoms with Gasteiger partial charge in [-0.2, -0.15) is 0 Å². The zero-order valence-electron chi connectivity index (χ0n) is 17.8. The zero-order chi connectivity index (χ0) is 21.6. The number of hydrogen-bond donors (Lipinski definition) is 1. The van der Waals surface area contributed by atoms with Gasteiger partial charge in [-0.15, -0.1) is 0 Å². The van der Waals surface area contributed by atoms with E-state index >= 15 is 0 Å². The molecule has 6 heteroatoms. The largest absolute Gasteiger partial charge is 0.493 e. The van der Waals surface area contributed by atoms with Crippen molar-refractivity contribution in [2.75, 3.05) is 6.61 Å². The second-order valence-electron chi connectivity index (χ2n) is 7.47. The minimum Gasteiger partial charge on any atom is -0.493 e. The number of hydrogen-bond acceptors (Lipinski definition) is 4. The predicted octanol–water partition coefficient (Wildman–Crippen LogP) is 4.45. The van der Waals surface area contributed by atoms with Crippen LogP contribution in [0.1, 0.15) is 33.9 Å². The number of nitrogens with zero attached hydrogens (tertiary/aromatic N) is 3. The maximum Gasteiger partial charge on any atom is 0.270 e. The lowest BCUT2D eigenvalue weighted by Gasteiger charge is -2.13. The van der Waals surface area contributed by atoms with Crippen LogP contribution in [0.15, 0.2) is 66.9 Å². The second-order valence-corrected chi connectivity index (χ2v) is 7.47. The van der Waals surface area contributed by atoms with Crippen molar-refractivity contribution in [3.63, 3.8) is 0 Å². The number of amides is 1. The van der Waals surface area contributed by atoms with Crippen LogP contribution in [0.2, 0.25) is 0 Å². The number of aryl methyl sites for hydroxylation is 2. The number of carbonyl (C=O) groups is 1. The van der Waals surface area contributed by atoms with Crippen LogP contribution in [0.25, 0.3) is 11.0 Å². The maximum absolute atomic E-state index is 12.4. The lowest BCUT2D eigenvalue weighted by molar-refractivity contribution is 0.0944. The Hall–Kier alpha value is -3.67. The highest BCUT2D eigenvalue weighted by atomic mass is 16.5. The molecule has 2 heterocycles. The van der Waals surface area contributed by atoms with Crippen molar-refractivity contribution in [2.24, 2.45) is 0 Å². The van der Waals surface area contributed by atoms with Gasteiger partial charge in [-0.3, -0.25) is 9.78 Å². The lowest BCUT2D eigenvalue weighted by Crippen LogP contribution is -2.25. The molecule has 0 radical (unpaired) electrons. The van der Waals surface area contributed by atoms with Crippen LogP contribution >= 0.6 is 0 Å². The van der Waals surface area contributed by atoms with Gasteiger partial charge >= 0.3 is 0 Å². The summed E-state index contributed by atoms with van der Waals surface area (Å²) < 4.78 is 8.17. The van der Waals surface area contributed by atoms with Crippen LogP contribution in [0, 0.1) is 13.8 Å². The van der Waals surface area contributed by atoms with Crippen molar-refractivity contribution >= 4 is 16.9 Å². The average molecular weight is 415 g/mol. The highest BCUT2D eigenvalue weighted by Gasteiger charge is 2.13. The molecule has 0 atom stereocenters. The first kappa shape index (κ1) is 20.6. The van der Waals surface area contributed by atoms with Crippen molar-refractivity contribution < 1.29 is 9.53 Å². The maximum atomic E-state index is 12.4. The summed E-state index contributed by atoms with van der Waals surface area (Å²) in [6, 6.07) is 19.4. The second kappa shape index (κ2) is 9.43. The van der Waals surface area contributed by atoms with Gasteiger partial charge in [-0.25, -0.2) is 4.98 Å². The summed E-state index contributed by atoms with van der Waals surface area (Å²) in [7, 11) is 0. The average Bonchev–Trinajstić information content (AvgIpc) is 3.15. The summed E-state index contributed by atoms with van der Waals surface area (Å²) >= 11 is 0. The Morgan fingerprint density at radius 1 is 1.03 bits per heavy atom. The smallest absolute Gasteiger partial charge is 0.270 e. The molecule has 0 aliphatic heterocycles. The number of para-hydroxylation sites is 2. The summed E-state index contributed by atoms with van der Waals surface area (Å²) in [4.78, 5) is 21.2. The van der Waals surface area contributed by atoms with E-state index in [9.17, 15) is 4.79 Å². The molecule has 1 amide bonds. The fourth-order valence-electron chi connectivity index (χ4n) is 3.54. The van der Waals surface area contributed by atoms with E-state index in [1.807, 2.05) is 30.3 Å². The normalized spacial score (nSPS) is 10.9. The van der Waals surface area contributed by atoms with Crippen molar-refractivity contribution in [3.05, 3.63) is 89.5 Å². The first-order chi connectivity index (χ1) is 15.1. The molecular weight excluding hydrogens is 388 g/mol. The van der Waals surface area contributed by atoms with Gasteiger partial charge in [0, 0.05) is 12.7 Å². The van der Waals surface area contributed by atoms with Gasteiger partial charge in [0.2, 0.25) is 0 Å². The van der Waals surface area contributed by atoms with E-state index in [4.69, 9.17) is 9.72 Å². The van der Waals surface area contributed by atoms with Crippen LogP contribution in [0.5, 0.6) is 5.75 Å². The first-order valence-corrected chi connectivity index (χ1v) is 10.5. The SMILES string of the molecule is Cc1cccc(OCCCn2c(CNC(=O)c3ccccn3)nc3ccccc32)c1C. The molecule has 31 heavy (non-hydrogen) atoms. The topological polar surface area (TPSA) is 69.0 Å². The molecule has 0 unspecified atom stereocenters. The number of imidazole rings is 1. The number of ether oxygens (including phenoxy) is 1. The Kier molecular flexibility index (Phi) is 6.26. The van der Waals surface area contributed by atoms with Crippen LogP contribution < -0.4 is 10.1 Å². The number of benzene rings is 2. The number of aromatic nitrogens is 3. The lowest BCUT2D eigenvalue weighted by atomic mass is 10.1. The minimum atomic E-state index is -0.211. The molecule has 0 fully saturated rings. The highest BCUT2D eigenvalue weighted by molar-refractivity contribution is 5.92. The molecular formula is C25H26N4O2. The van der Waals surface area contributed by atoms with Gasteiger partial charge < -0.3 is 14.6 Å². The Balaban J connectivity index is 1.43. The Labute approximate surface area is 181 Å². The molecule has 4 aromatic rings. The summed E-state index contributed by atoms with van der Waals surface area (Å²) in [5.41, 5.74) is 4.76. The molecule has 1 N–H and O–H groups in total. The molecule has 2 aromatic carbocycles. The van der Waals surface area contributed by atoms with E-state index < -0.39 is 0 Å². The predicted molar refractivity (Wildman–Crippen MR) is 121 cm³/mol. The third-order valence-electron chi connectivity index (χ3n) is 5.38. The Morgan fingerprint density at radius 3 is 2.71 bits per heavy atom. The summed E-state index contributed by atoms with van der Waals surface area (Å²) in [5.74, 6) is 1.54. The molecule has 0 spiro atoms. The quantitative estimate of drug-likeness (QED) is 0.433. The van der Waals surface area contributed by atoms with E-state index in [0.29, 0.717) is 18.8 Å². The minimum absolute atomic E-state index is 0.211. The van der Waals surface area contributed by atoms with Gasteiger partial charge in [0.25, 0.3) is 5.91 Å². The number of nitrogens with one attached hydrogen (secondary N) is 1. The molecule has 0 aliphatic rings. The molecule has 0 saturated heterocycles. The zero-order valence-corrected chi connectivity index (χ0v) is 17.8. The number of fused-ring (bicyclic) bond motifs is 1. The summed E-state index contributed by atoms with van der Waals surface area (Å²) in [6.07, 6.45) is 2.44. The van der Waals surface area contributed by atoms with Crippen molar-refractivity contribution in [3.8, 4) is 5.75 Å². The molecule has 2 aromatic heterocycles. The molecule has 6 nitrogen and oxygen atoms in total. The molecule has 0 aliphatic carbocycles. The first-order valence-electron chi connectivity index (χ1n) is 10.5. The van der Waals surface area contributed by atoms with Gasteiger partial charge in [0.1, 0.15) is 17.3 Å². The van der Waals surface area contributed by atoms with Crippen molar-refractivity contribution in [2.45, 2.75) is 33.4 Å². The number of pyridine rings is 1. The standard InChI is InChI=1S/C25H26N4O2/c1-18-9-7-13-23(19(18)2)31-16-8-15-29-22-12-4-3-10-20(22)28-24(29)17-27-25(30)21-11-5-6-14-26-21/h3-7,9-14H,8,15-17H2,1-2H3,(H,27,30). The van der Waals surface area contributed by atoms with Gasteiger partial charge in [-0.1, -0.05) is 30.3 Å².